The van der Waals surface area contributed by atoms with Crippen molar-refractivity contribution in [1.29, 1.82) is 0 Å². The third-order valence-corrected chi connectivity index (χ3v) is 4.53. The average Bonchev–Trinajstić information content (AvgIpc) is 2.56. The van der Waals surface area contributed by atoms with E-state index in [4.69, 9.17) is 9.97 Å². The Labute approximate surface area is 133 Å². The van der Waals surface area contributed by atoms with Gasteiger partial charge in [0, 0.05) is 29.9 Å². The zero-order valence-corrected chi connectivity index (χ0v) is 13.9. The molecule has 0 amide bonds. The Morgan fingerprint density at radius 1 is 0.955 bits per heavy atom. The van der Waals surface area contributed by atoms with Gasteiger partial charge in [-0.1, -0.05) is 29.8 Å². The number of nitrogens with zero attached hydrogens (tertiary/aromatic N) is 3. The van der Waals surface area contributed by atoms with Crippen LogP contribution in [0.2, 0.25) is 0 Å². The normalized spacial score (nSPS) is 13.8. The maximum atomic E-state index is 4.94. The third kappa shape index (κ3) is 2.85. The summed E-state index contributed by atoms with van der Waals surface area (Å²) in [5.74, 6) is 2.04. The minimum Gasteiger partial charge on any atom is -0.357 e. The highest BCUT2D eigenvalue weighted by atomic mass is 15.2. The molecule has 0 unspecified atom stereocenters. The second-order valence-corrected chi connectivity index (χ2v) is 6.04. The monoisotopic (exact) mass is 295 g/mol. The molecule has 0 N–H and O–H groups in total. The fourth-order valence-electron chi connectivity index (χ4n) is 3.19. The van der Waals surface area contributed by atoms with Crippen molar-refractivity contribution in [2.45, 2.75) is 46.5 Å². The highest BCUT2D eigenvalue weighted by molar-refractivity contribution is 5.61. The van der Waals surface area contributed by atoms with E-state index in [-0.39, 0.29) is 0 Å². The molecule has 0 spiro atoms. The highest BCUT2D eigenvalue weighted by Crippen LogP contribution is 2.30. The second kappa shape index (κ2) is 6.47. The van der Waals surface area contributed by atoms with Crippen LogP contribution in [0.5, 0.6) is 0 Å². The van der Waals surface area contributed by atoms with Crippen molar-refractivity contribution in [2.24, 2.45) is 0 Å². The van der Waals surface area contributed by atoms with Gasteiger partial charge in [0.2, 0.25) is 0 Å². The molecule has 0 fully saturated rings. The summed E-state index contributed by atoms with van der Waals surface area (Å²) in [4.78, 5) is 12.2. The van der Waals surface area contributed by atoms with E-state index >= 15 is 0 Å². The van der Waals surface area contributed by atoms with Gasteiger partial charge >= 0.3 is 0 Å². The molecule has 3 rings (SSSR count). The molecule has 0 aliphatic heterocycles. The van der Waals surface area contributed by atoms with Gasteiger partial charge in [0.05, 0.1) is 0 Å². The van der Waals surface area contributed by atoms with Gasteiger partial charge < -0.3 is 4.90 Å². The van der Waals surface area contributed by atoms with Crippen molar-refractivity contribution in [3.8, 4) is 11.4 Å². The lowest BCUT2D eigenvalue weighted by Crippen LogP contribution is -2.26. The molecule has 1 aromatic carbocycles. The SMILES string of the molecule is CCN(CC)c1nc(-c2ccc(C)cc2)nc2c1CCCC2. The van der Waals surface area contributed by atoms with Crippen molar-refractivity contribution in [2.75, 3.05) is 18.0 Å². The van der Waals surface area contributed by atoms with Crippen molar-refractivity contribution in [3.63, 3.8) is 0 Å². The predicted octanol–water partition coefficient (Wildman–Crippen LogP) is 4.18. The number of benzene rings is 1. The molecular weight excluding hydrogens is 270 g/mol. The lowest BCUT2D eigenvalue weighted by atomic mass is 9.95. The van der Waals surface area contributed by atoms with E-state index in [1.54, 1.807) is 0 Å². The summed E-state index contributed by atoms with van der Waals surface area (Å²) < 4.78 is 0. The first-order chi connectivity index (χ1) is 10.7. The molecule has 1 aliphatic carbocycles. The molecule has 0 saturated carbocycles. The van der Waals surface area contributed by atoms with E-state index in [0.29, 0.717) is 0 Å². The van der Waals surface area contributed by atoms with Gasteiger partial charge in [-0.05, 0) is 46.5 Å². The van der Waals surface area contributed by atoms with Crippen LogP contribution in [-0.4, -0.2) is 23.1 Å². The Morgan fingerprint density at radius 2 is 1.64 bits per heavy atom. The summed E-state index contributed by atoms with van der Waals surface area (Å²) in [7, 11) is 0. The van der Waals surface area contributed by atoms with Crippen LogP contribution in [0.3, 0.4) is 0 Å². The Balaban J connectivity index is 2.11. The summed E-state index contributed by atoms with van der Waals surface area (Å²) in [5, 5.41) is 0. The van der Waals surface area contributed by atoms with Crippen LogP contribution in [0.15, 0.2) is 24.3 Å². The molecule has 2 aromatic rings. The summed E-state index contributed by atoms with van der Waals surface area (Å²) in [6.45, 7) is 8.50. The highest BCUT2D eigenvalue weighted by Gasteiger charge is 2.20. The molecule has 22 heavy (non-hydrogen) atoms. The van der Waals surface area contributed by atoms with E-state index < -0.39 is 0 Å². The first-order valence-corrected chi connectivity index (χ1v) is 8.44. The summed E-state index contributed by atoms with van der Waals surface area (Å²) in [6.07, 6.45) is 4.71. The van der Waals surface area contributed by atoms with Gasteiger partial charge in [-0.3, -0.25) is 0 Å². The van der Waals surface area contributed by atoms with Gasteiger partial charge in [-0.25, -0.2) is 9.97 Å². The average molecular weight is 295 g/mol. The molecule has 1 aliphatic rings. The molecule has 0 atom stereocenters. The Bertz CT molecular complexity index is 642. The number of fused-ring (bicyclic) bond motifs is 1. The molecule has 3 nitrogen and oxygen atoms in total. The Kier molecular flexibility index (Phi) is 4.41. The van der Waals surface area contributed by atoms with Crippen molar-refractivity contribution in [1.82, 2.24) is 9.97 Å². The van der Waals surface area contributed by atoms with Crippen LogP contribution in [0.1, 0.15) is 43.5 Å². The van der Waals surface area contributed by atoms with Gasteiger partial charge in [-0.2, -0.15) is 0 Å². The van der Waals surface area contributed by atoms with E-state index in [2.05, 4.69) is 49.9 Å². The minimum atomic E-state index is 0.877. The Morgan fingerprint density at radius 3 is 2.32 bits per heavy atom. The van der Waals surface area contributed by atoms with Crippen molar-refractivity contribution < 1.29 is 0 Å². The van der Waals surface area contributed by atoms with Crippen LogP contribution >= 0.6 is 0 Å². The fraction of sp³-hybridized carbons (Fsp3) is 0.474. The van der Waals surface area contributed by atoms with Crippen LogP contribution < -0.4 is 4.90 Å². The lowest BCUT2D eigenvalue weighted by molar-refractivity contribution is 0.657. The maximum Gasteiger partial charge on any atom is 0.161 e. The number of hydrogen-bond acceptors (Lipinski definition) is 3. The summed E-state index contributed by atoms with van der Waals surface area (Å²) in [6, 6.07) is 8.53. The summed E-state index contributed by atoms with van der Waals surface area (Å²) in [5.41, 5.74) is 5.03. The van der Waals surface area contributed by atoms with E-state index in [1.165, 1.54) is 29.7 Å². The quantitative estimate of drug-likeness (QED) is 0.847. The van der Waals surface area contributed by atoms with Crippen molar-refractivity contribution in [3.05, 3.63) is 41.1 Å². The molecular formula is C19H25N3. The largest absolute Gasteiger partial charge is 0.357 e. The maximum absolute atomic E-state index is 4.94. The van der Waals surface area contributed by atoms with Gasteiger partial charge in [0.25, 0.3) is 0 Å². The zero-order valence-electron chi connectivity index (χ0n) is 13.9. The molecule has 0 radical (unpaired) electrons. The van der Waals surface area contributed by atoms with Gasteiger partial charge in [-0.15, -0.1) is 0 Å². The van der Waals surface area contributed by atoms with E-state index in [0.717, 1.165) is 43.1 Å². The number of anilines is 1. The van der Waals surface area contributed by atoms with Crippen LogP contribution in [-0.2, 0) is 12.8 Å². The first-order valence-electron chi connectivity index (χ1n) is 8.44. The van der Waals surface area contributed by atoms with Gasteiger partial charge in [0.15, 0.2) is 5.82 Å². The standard InChI is InChI=1S/C19H25N3/c1-4-22(5-2)19-16-8-6-7-9-17(16)20-18(21-19)15-12-10-14(3)11-13-15/h10-13H,4-9H2,1-3H3. The van der Waals surface area contributed by atoms with Crippen molar-refractivity contribution >= 4 is 5.82 Å². The molecule has 1 heterocycles. The summed E-state index contributed by atoms with van der Waals surface area (Å²) >= 11 is 0. The van der Waals surface area contributed by atoms with E-state index in [9.17, 15) is 0 Å². The third-order valence-electron chi connectivity index (χ3n) is 4.53. The van der Waals surface area contributed by atoms with Crippen LogP contribution in [0, 0.1) is 6.92 Å². The van der Waals surface area contributed by atoms with E-state index in [1.807, 2.05) is 0 Å². The number of rotatable bonds is 4. The first kappa shape index (κ1) is 15.0. The molecule has 0 bridgehead atoms. The van der Waals surface area contributed by atoms with Gasteiger partial charge in [0.1, 0.15) is 5.82 Å². The minimum absolute atomic E-state index is 0.877. The number of hydrogen-bond donors (Lipinski definition) is 0. The second-order valence-electron chi connectivity index (χ2n) is 6.04. The number of aromatic nitrogens is 2. The van der Waals surface area contributed by atoms with Crippen LogP contribution in [0.25, 0.3) is 11.4 Å². The molecule has 116 valence electrons. The fourth-order valence-corrected chi connectivity index (χ4v) is 3.19. The zero-order chi connectivity index (χ0) is 15.5. The topological polar surface area (TPSA) is 29.0 Å². The smallest absolute Gasteiger partial charge is 0.161 e. The molecule has 3 heteroatoms. The molecule has 1 aromatic heterocycles. The van der Waals surface area contributed by atoms with Crippen LogP contribution in [0.4, 0.5) is 5.82 Å². The number of aryl methyl sites for hydroxylation is 2. The predicted molar refractivity (Wildman–Crippen MR) is 92.4 cm³/mol. The lowest BCUT2D eigenvalue weighted by Gasteiger charge is -2.27. The Hall–Kier alpha value is -1.90. The molecule has 0 saturated heterocycles.